The minimum atomic E-state index is 0.101. The molecule has 6 heteroatoms. The minimum absolute atomic E-state index is 0.101. The number of benzene rings is 1. The Labute approximate surface area is 148 Å². The Morgan fingerprint density at radius 2 is 1.72 bits per heavy atom. The summed E-state index contributed by atoms with van der Waals surface area (Å²) in [7, 11) is 0. The molecule has 134 valence electrons. The molecule has 6 nitrogen and oxygen atoms in total. The summed E-state index contributed by atoms with van der Waals surface area (Å²) in [5.74, 6) is 2.33. The van der Waals surface area contributed by atoms with Crippen LogP contribution in [0.5, 0.6) is 0 Å². The van der Waals surface area contributed by atoms with Crippen LogP contribution in [0.4, 0.5) is 0 Å². The van der Waals surface area contributed by atoms with E-state index in [1.807, 2.05) is 4.68 Å². The Morgan fingerprint density at radius 1 is 0.960 bits per heavy atom. The fourth-order valence-electron chi connectivity index (χ4n) is 3.45. The molecule has 2 saturated heterocycles. The van der Waals surface area contributed by atoms with Crippen LogP contribution in [-0.2, 0) is 14.2 Å². The first kappa shape index (κ1) is 16.7. The monoisotopic (exact) mass is 343 g/mol. The van der Waals surface area contributed by atoms with Gasteiger partial charge < -0.3 is 14.2 Å². The molecule has 4 rings (SSSR count). The smallest absolute Gasteiger partial charge is 0.154 e. The van der Waals surface area contributed by atoms with Crippen molar-refractivity contribution in [1.82, 2.24) is 14.8 Å². The molecule has 0 aliphatic carbocycles. The zero-order valence-corrected chi connectivity index (χ0v) is 14.7. The lowest BCUT2D eigenvalue weighted by Gasteiger charge is -2.18. The van der Waals surface area contributed by atoms with Crippen LogP contribution in [-0.4, -0.2) is 54.4 Å². The number of rotatable bonds is 3. The van der Waals surface area contributed by atoms with E-state index in [1.165, 1.54) is 5.56 Å². The van der Waals surface area contributed by atoms with Gasteiger partial charge in [-0.15, -0.1) is 0 Å². The molecule has 0 saturated carbocycles. The van der Waals surface area contributed by atoms with Gasteiger partial charge in [0.15, 0.2) is 5.82 Å². The van der Waals surface area contributed by atoms with Gasteiger partial charge in [0.25, 0.3) is 0 Å². The number of hydrogen-bond donors (Lipinski definition) is 0. The van der Waals surface area contributed by atoms with Crippen LogP contribution < -0.4 is 0 Å². The Hall–Kier alpha value is -1.76. The number of hydrogen-bond acceptors (Lipinski definition) is 5. The predicted octanol–water partition coefficient (Wildman–Crippen LogP) is 2.60. The molecule has 1 aromatic heterocycles. The SMILES string of the molecule is Cc1cccc(-n2nc(C3CCOCC3)nc2C2COCCOC2)c1. The van der Waals surface area contributed by atoms with Crippen LogP contribution in [0.25, 0.3) is 5.69 Å². The standard InChI is InChI=1S/C19H25N3O3/c1-14-3-2-4-17(11-14)22-19(16-12-24-9-10-25-13-16)20-18(21-22)15-5-7-23-8-6-15/h2-4,11,15-16H,5-10,12-13H2,1H3. The molecule has 0 N–H and O–H groups in total. The molecule has 25 heavy (non-hydrogen) atoms. The van der Waals surface area contributed by atoms with Crippen LogP contribution in [0.15, 0.2) is 24.3 Å². The van der Waals surface area contributed by atoms with Crippen molar-refractivity contribution >= 4 is 0 Å². The third kappa shape index (κ3) is 3.76. The predicted molar refractivity (Wildman–Crippen MR) is 93.3 cm³/mol. The van der Waals surface area contributed by atoms with Gasteiger partial charge in [0.2, 0.25) is 0 Å². The summed E-state index contributed by atoms with van der Waals surface area (Å²) in [6.45, 7) is 6.19. The molecule has 2 aliphatic heterocycles. The van der Waals surface area contributed by atoms with Crippen LogP contribution >= 0.6 is 0 Å². The first-order chi connectivity index (χ1) is 12.3. The van der Waals surface area contributed by atoms with E-state index in [-0.39, 0.29) is 5.92 Å². The summed E-state index contributed by atoms with van der Waals surface area (Å²) in [5.41, 5.74) is 2.25. The molecular weight excluding hydrogens is 318 g/mol. The van der Waals surface area contributed by atoms with Gasteiger partial charge in [0, 0.05) is 19.1 Å². The maximum Gasteiger partial charge on any atom is 0.154 e. The van der Waals surface area contributed by atoms with E-state index in [9.17, 15) is 0 Å². The van der Waals surface area contributed by atoms with Crippen molar-refractivity contribution in [1.29, 1.82) is 0 Å². The molecule has 2 aromatic rings. The van der Waals surface area contributed by atoms with Crippen LogP contribution in [0.3, 0.4) is 0 Å². The van der Waals surface area contributed by atoms with E-state index in [4.69, 9.17) is 24.3 Å². The second kappa shape index (κ2) is 7.64. The third-order valence-electron chi connectivity index (χ3n) is 4.86. The molecule has 0 unspecified atom stereocenters. The van der Waals surface area contributed by atoms with Crippen molar-refractivity contribution in [2.45, 2.75) is 31.6 Å². The van der Waals surface area contributed by atoms with E-state index >= 15 is 0 Å². The fraction of sp³-hybridized carbons (Fsp3) is 0.579. The van der Waals surface area contributed by atoms with E-state index in [0.717, 1.165) is 43.4 Å². The maximum atomic E-state index is 5.70. The highest BCUT2D eigenvalue weighted by atomic mass is 16.5. The molecule has 0 spiro atoms. The zero-order chi connectivity index (χ0) is 17.1. The lowest BCUT2D eigenvalue weighted by molar-refractivity contribution is 0.0835. The Bertz CT molecular complexity index is 702. The second-order valence-electron chi connectivity index (χ2n) is 6.81. The van der Waals surface area contributed by atoms with E-state index in [2.05, 4.69) is 31.2 Å². The van der Waals surface area contributed by atoms with Crippen molar-refractivity contribution in [3.05, 3.63) is 41.5 Å². The minimum Gasteiger partial charge on any atom is -0.381 e. The second-order valence-corrected chi connectivity index (χ2v) is 6.81. The first-order valence-corrected chi connectivity index (χ1v) is 9.08. The number of aromatic nitrogens is 3. The van der Waals surface area contributed by atoms with Gasteiger partial charge >= 0.3 is 0 Å². The highest BCUT2D eigenvalue weighted by Crippen LogP contribution is 2.28. The summed E-state index contributed by atoms with van der Waals surface area (Å²) in [6, 6.07) is 8.38. The fourth-order valence-corrected chi connectivity index (χ4v) is 3.45. The number of aryl methyl sites for hydroxylation is 1. The van der Waals surface area contributed by atoms with E-state index in [0.29, 0.717) is 32.3 Å². The van der Waals surface area contributed by atoms with E-state index in [1.54, 1.807) is 0 Å². The topological polar surface area (TPSA) is 58.4 Å². The number of nitrogens with zero attached hydrogens (tertiary/aromatic N) is 3. The van der Waals surface area contributed by atoms with Gasteiger partial charge in [-0.05, 0) is 37.5 Å². The molecule has 0 bridgehead atoms. The Kier molecular flexibility index (Phi) is 5.10. The number of ether oxygens (including phenoxy) is 3. The normalized spacial score (nSPS) is 20.5. The van der Waals surface area contributed by atoms with Gasteiger partial charge in [-0.1, -0.05) is 12.1 Å². The first-order valence-electron chi connectivity index (χ1n) is 9.08. The maximum absolute atomic E-state index is 5.70. The van der Waals surface area contributed by atoms with Crippen molar-refractivity contribution in [3.63, 3.8) is 0 Å². The molecular formula is C19H25N3O3. The van der Waals surface area contributed by atoms with Gasteiger partial charge in [-0.25, -0.2) is 9.67 Å². The van der Waals surface area contributed by atoms with Gasteiger partial charge in [0.05, 0.1) is 38.0 Å². The lowest BCUT2D eigenvalue weighted by Crippen LogP contribution is -2.16. The Balaban J connectivity index is 1.72. The summed E-state index contributed by atoms with van der Waals surface area (Å²) in [4.78, 5) is 4.94. The summed E-state index contributed by atoms with van der Waals surface area (Å²) >= 11 is 0. The molecule has 2 aliphatic rings. The highest BCUT2D eigenvalue weighted by Gasteiger charge is 2.27. The Morgan fingerprint density at radius 3 is 2.44 bits per heavy atom. The summed E-state index contributed by atoms with van der Waals surface area (Å²) < 4.78 is 18.9. The van der Waals surface area contributed by atoms with Gasteiger partial charge in [-0.3, -0.25) is 0 Å². The van der Waals surface area contributed by atoms with Gasteiger partial charge in [0.1, 0.15) is 5.82 Å². The van der Waals surface area contributed by atoms with Crippen molar-refractivity contribution in [3.8, 4) is 5.69 Å². The molecule has 0 amide bonds. The van der Waals surface area contributed by atoms with Crippen LogP contribution in [0.1, 0.15) is 41.9 Å². The quantitative estimate of drug-likeness (QED) is 0.857. The highest BCUT2D eigenvalue weighted by molar-refractivity contribution is 5.36. The average Bonchev–Trinajstić information content (AvgIpc) is 2.91. The largest absolute Gasteiger partial charge is 0.381 e. The molecule has 3 heterocycles. The van der Waals surface area contributed by atoms with Crippen LogP contribution in [0.2, 0.25) is 0 Å². The third-order valence-corrected chi connectivity index (χ3v) is 4.86. The summed E-state index contributed by atoms with van der Waals surface area (Å²) in [6.07, 6.45) is 1.96. The average molecular weight is 343 g/mol. The van der Waals surface area contributed by atoms with E-state index < -0.39 is 0 Å². The van der Waals surface area contributed by atoms with Crippen molar-refractivity contribution in [2.75, 3.05) is 39.6 Å². The van der Waals surface area contributed by atoms with Crippen LogP contribution in [0, 0.1) is 6.92 Å². The van der Waals surface area contributed by atoms with Crippen molar-refractivity contribution < 1.29 is 14.2 Å². The molecule has 2 fully saturated rings. The molecule has 0 radical (unpaired) electrons. The summed E-state index contributed by atoms with van der Waals surface area (Å²) in [5, 5.41) is 4.89. The zero-order valence-electron chi connectivity index (χ0n) is 14.7. The van der Waals surface area contributed by atoms with Crippen molar-refractivity contribution in [2.24, 2.45) is 0 Å². The van der Waals surface area contributed by atoms with Gasteiger partial charge in [-0.2, -0.15) is 5.10 Å². The molecule has 0 atom stereocenters. The molecule has 1 aromatic carbocycles. The lowest BCUT2D eigenvalue weighted by atomic mass is 10.00.